The summed E-state index contributed by atoms with van der Waals surface area (Å²) in [7, 11) is -5.65. The summed E-state index contributed by atoms with van der Waals surface area (Å²) < 4.78 is 86.3. The second-order valence-corrected chi connectivity index (χ2v) is 33.6. The number of aliphatic carboxylic acids is 1. The van der Waals surface area contributed by atoms with Crippen molar-refractivity contribution >= 4 is 49.7 Å². The first-order chi connectivity index (χ1) is 53.5. The van der Waals surface area contributed by atoms with Gasteiger partial charge in [0.2, 0.25) is 17.7 Å². The third kappa shape index (κ3) is 27.0. The van der Waals surface area contributed by atoms with Crippen molar-refractivity contribution in [3.8, 4) is 0 Å². The summed E-state index contributed by atoms with van der Waals surface area (Å²) in [5.41, 5.74) is 5.76. The lowest BCUT2D eigenvalue weighted by Gasteiger charge is -2.54. The number of rotatable bonds is 41. The fourth-order valence-electron chi connectivity index (χ4n) is 13.9. The van der Waals surface area contributed by atoms with Gasteiger partial charge in [-0.3, -0.25) is 37.8 Å². The number of ketones is 1. The van der Waals surface area contributed by atoms with Gasteiger partial charge in [-0.1, -0.05) is 73.1 Å². The zero-order valence-corrected chi connectivity index (χ0v) is 68.1. The average molecular weight is 1670 g/mol. The lowest BCUT2D eigenvalue weighted by Crippen LogP contribution is -2.76. The topological polar surface area (TPSA) is 594 Å². The van der Waals surface area contributed by atoms with Crippen LogP contribution in [0.15, 0.2) is 70.7 Å². The minimum Gasteiger partial charge on any atom is -0.510 e. The Bertz CT molecular complexity index is 3550. The third-order valence-electron chi connectivity index (χ3n) is 20.5. The number of amides is 4. The minimum atomic E-state index is -5.65. The van der Waals surface area contributed by atoms with Gasteiger partial charge in [0, 0.05) is 26.7 Å². The van der Waals surface area contributed by atoms with Crippen molar-refractivity contribution in [3.63, 3.8) is 0 Å². The Hall–Kier alpha value is -6.00. The van der Waals surface area contributed by atoms with E-state index in [0.717, 1.165) is 77.9 Å². The predicted molar refractivity (Wildman–Crippen MR) is 399 cm³/mol. The number of carbonyl (C=O) groups is 7. The van der Waals surface area contributed by atoms with Crippen LogP contribution in [0.5, 0.6) is 0 Å². The Balaban J connectivity index is 1.26. The minimum absolute atomic E-state index is 0.0997. The number of Topliss-reactive ketones (excluding diaryl/α,β-unsaturated/α-hetero) is 1. The number of hydrogen-bond donors (Lipinski definition) is 18. The standard InChI is InChI=1S/C75H120N5O34P/c1-35(2)19-18-21-36(3)22-23-38(5)26-29-72(9,10)28-17-16-20-37(4)27-30-73(11,12)113-46(67(97)98)33-104-115(100,101)114-74(13,14)63-61(62(80-103-34-82)75(15,99)64(112-63)65(76)95)111-69-49(78-41(8)84)52(89)59(45(107-69)32-102-70-56(93)53(90)50(87)44(31-81)106-70)109-68-48(77-40(7)83)51(88)58(39(6)105-68)108-71-57(94)54(91)55(92)60(110-71)66(96)79-47-42(85)24-25-43(47)86/h17,19,22,27-28,34,39,44-46,48-64,68-71,80-81,85,87-94,99H,5,16,18,20-21,23-26,29-33H2,1-4,6-15H3,(H2,76,95)(H,77,83)(H,78,84)(H,79,96)(H,97,98)(H,100,101)/b28-17+,36-22+,37-27-/t39?,44?,45?,46-,48?,49?,50?,51?,52?,53?,54?,55?,56?,57?,58?,59?,60?,61?,62?,63?,64?,68?,69?,70?,71?,75?/m1/s1. The summed E-state index contributed by atoms with van der Waals surface area (Å²) in [5, 5.41) is 141. The first kappa shape index (κ1) is 97.8. The van der Waals surface area contributed by atoms with E-state index in [-0.39, 0.29) is 31.1 Å². The lowest BCUT2D eigenvalue weighted by molar-refractivity contribution is -0.368. The van der Waals surface area contributed by atoms with Crippen LogP contribution in [0.25, 0.3) is 0 Å². The van der Waals surface area contributed by atoms with Gasteiger partial charge in [0.1, 0.15) is 126 Å². The van der Waals surface area contributed by atoms with E-state index < -0.39 is 244 Å². The first-order valence-electron chi connectivity index (χ1n) is 37.9. The molecule has 0 aromatic carbocycles. The molecule has 0 radical (unpaired) electrons. The molecule has 0 saturated carbocycles. The van der Waals surface area contributed by atoms with Crippen LogP contribution in [0.3, 0.4) is 0 Å². The quantitative estimate of drug-likeness (QED) is 0.0159. The maximum atomic E-state index is 14.3. The molecule has 0 aromatic rings. The fourth-order valence-corrected chi connectivity index (χ4v) is 15.0. The molecule has 0 aromatic heterocycles. The van der Waals surface area contributed by atoms with Crippen LogP contribution in [-0.2, 0) is 99.4 Å². The molecule has 5 saturated heterocycles. The summed E-state index contributed by atoms with van der Waals surface area (Å²) in [5.74, 6) is -7.36. The molecule has 5 aliphatic heterocycles. The van der Waals surface area contributed by atoms with E-state index in [0.29, 0.717) is 12.8 Å². The van der Waals surface area contributed by atoms with E-state index in [1.807, 2.05) is 13.0 Å². The van der Waals surface area contributed by atoms with Gasteiger partial charge in [0.25, 0.3) is 5.91 Å². The molecule has 27 atom stereocenters. The Morgan fingerprint density at radius 3 is 1.88 bits per heavy atom. The Kier molecular flexibility index (Phi) is 36.0. The van der Waals surface area contributed by atoms with Crippen LogP contribution in [0, 0.1) is 5.41 Å². The molecule has 39 nitrogen and oxygen atoms in total. The average Bonchev–Trinajstić information content (AvgIpc) is 1.28. The number of ether oxygens (including phenoxy) is 10. The highest BCUT2D eigenvalue weighted by atomic mass is 31.2. The molecule has 115 heavy (non-hydrogen) atoms. The maximum absolute atomic E-state index is 14.3. The van der Waals surface area contributed by atoms with Gasteiger partial charge >= 0.3 is 20.3 Å². The molecule has 0 bridgehead atoms. The number of phosphoric ester groups is 1. The van der Waals surface area contributed by atoms with Gasteiger partial charge in [0.15, 0.2) is 49.3 Å². The van der Waals surface area contributed by atoms with Crippen molar-refractivity contribution in [1.82, 2.24) is 21.4 Å². The molecule has 5 fully saturated rings. The normalized spacial score (nSPS) is 34.7. The molecule has 1 aliphatic carbocycles. The predicted octanol–water partition coefficient (Wildman–Crippen LogP) is -0.456. The van der Waals surface area contributed by atoms with Crippen LogP contribution >= 0.6 is 7.82 Å². The molecule has 19 N–H and O–H groups in total. The molecule has 654 valence electrons. The van der Waals surface area contributed by atoms with Gasteiger partial charge in [-0.15, -0.1) is 5.48 Å². The summed E-state index contributed by atoms with van der Waals surface area (Å²) >= 11 is 0. The Labute approximate surface area is 667 Å². The van der Waals surface area contributed by atoms with Crippen LogP contribution < -0.4 is 27.2 Å². The lowest BCUT2D eigenvalue weighted by atomic mass is 9.78. The van der Waals surface area contributed by atoms with Crippen LogP contribution in [0.4, 0.5) is 0 Å². The van der Waals surface area contributed by atoms with Crippen molar-refractivity contribution in [2.75, 3.05) is 19.8 Å². The molecule has 6 aliphatic rings. The zero-order valence-electron chi connectivity index (χ0n) is 67.2. The van der Waals surface area contributed by atoms with Gasteiger partial charge in [-0.25, -0.2) is 9.36 Å². The summed E-state index contributed by atoms with van der Waals surface area (Å²) in [6.07, 6.45) is -28.5. The monoisotopic (exact) mass is 1670 g/mol. The first-order valence-corrected chi connectivity index (χ1v) is 39.4. The number of nitrogens with one attached hydrogen (secondary N) is 4. The largest absolute Gasteiger partial charge is 0.510 e. The van der Waals surface area contributed by atoms with Crippen molar-refractivity contribution in [3.05, 3.63) is 70.7 Å². The number of carbonyl (C=O) groups excluding carboxylic acids is 6. The Morgan fingerprint density at radius 2 is 1.30 bits per heavy atom. The number of nitrogens with two attached hydrogens (primary N) is 1. The summed E-state index contributed by atoms with van der Waals surface area (Å²) in [4.78, 5) is 107. The number of carboxylic acid groups (broad SMARTS) is 1. The molecular weight excluding hydrogens is 1550 g/mol. The number of aliphatic hydroxyl groups excluding tert-OH is 10. The second-order valence-electron chi connectivity index (χ2n) is 32.2. The smallest absolute Gasteiger partial charge is 0.472 e. The van der Waals surface area contributed by atoms with Crippen LogP contribution in [0.2, 0.25) is 0 Å². The second kappa shape index (κ2) is 42.3. The molecule has 26 unspecified atom stereocenters. The van der Waals surface area contributed by atoms with E-state index in [1.165, 1.54) is 18.1 Å². The number of phosphoric acid groups is 1. The van der Waals surface area contributed by atoms with Crippen LogP contribution in [0.1, 0.15) is 161 Å². The maximum Gasteiger partial charge on any atom is 0.472 e. The molecule has 6 rings (SSSR count). The Morgan fingerprint density at radius 1 is 0.722 bits per heavy atom. The summed E-state index contributed by atoms with van der Waals surface area (Å²) in [6, 6.07) is -5.96. The van der Waals surface area contributed by atoms with Crippen LogP contribution in [-0.4, -0.2) is 298 Å². The number of hydrogen-bond acceptors (Lipinski definition) is 33. The molecule has 5 heterocycles. The van der Waals surface area contributed by atoms with Crippen molar-refractivity contribution in [2.45, 2.75) is 331 Å². The van der Waals surface area contributed by atoms with Gasteiger partial charge < -0.3 is 140 Å². The van der Waals surface area contributed by atoms with E-state index in [2.05, 4.69) is 86.9 Å². The van der Waals surface area contributed by atoms with E-state index in [4.69, 9.17) is 67.0 Å². The van der Waals surface area contributed by atoms with Crippen molar-refractivity contribution in [2.24, 2.45) is 11.1 Å². The number of primary amides is 1. The number of aliphatic hydroxyl groups is 11. The van der Waals surface area contributed by atoms with Gasteiger partial charge in [-0.2, -0.15) is 0 Å². The highest BCUT2D eigenvalue weighted by Crippen LogP contribution is 2.51. The molecule has 0 spiro atoms. The third-order valence-corrected chi connectivity index (χ3v) is 21.7. The highest BCUT2D eigenvalue weighted by molar-refractivity contribution is 7.47. The van der Waals surface area contributed by atoms with E-state index >= 15 is 0 Å². The van der Waals surface area contributed by atoms with E-state index in [9.17, 15) is 104 Å². The molecule has 40 heteroatoms. The fraction of sp³-hybridized carbons (Fsp3) is 0.747. The highest BCUT2D eigenvalue weighted by Gasteiger charge is 2.63. The number of hydroxylamine groups is 1. The van der Waals surface area contributed by atoms with Gasteiger partial charge in [-0.05, 0) is 126 Å². The number of allylic oxidation sites excluding steroid dienone is 10. The van der Waals surface area contributed by atoms with Crippen molar-refractivity contribution < 1.29 is 166 Å². The van der Waals surface area contributed by atoms with Crippen molar-refractivity contribution in [1.29, 1.82) is 0 Å². The number of carboxylic acids is 1. The molecular formula is C75H120N5O34P. The molecule has 4 amide bonds. The SMILES string of the molecule is C=C(C/C=C(\C)CCC=C(C)C)CCC(C)(C)/C=C/CC/C(C)=C\CC(C)(C)O[C@H](COP(=O)(O)OC(C)(C)C1OC(C(N)=O)C(C)(O)C(NOC=O)C1OC1OC(COC2OC(CO)C(O)C(O)C2O)C(OC2OC(C)C(OC3OC(C(=O)NC4=C(O)CCC4=O)C(O)C(O)C3O)C(O)C2NC(C)=O)C(O)C1NC(C)=O)C(=O)O. The zero-order chi connectivity index (χ0) is 86.3. The summed E-state index contributed by atoms with van der Waals surface area (Å²) in [6.45, 7) is 23.0. The van der Waals surface area contributed by atoms with Gasteiger partial charge in [0.05, 0.1) is 31.5 Å². The van der Waals surface area contributed by atoms with E-state index in [1.54, 1.807) is 13.8 Å².